The van der Waals surface area contributed by atoms with Gasteiger partial charge in [0.1, 0.15) is 0 Å². The second-order valence-electron chi connectivity index (χ2n) is 9.49. The molecule has 0 bridgehead atoms. The van der Waals surface area contributed by atoms with Gasteiger partial charge < -0.3 is 10.2 Å². The molecule has 0 fully saturated rings. The van der Waals surface area contributed by atoms with Gasteiger partial charge in [0.05, 0.1) is 33.1 Å². The van der Waals surface area contributed by atoms with Crippen molar-refractivity contribution in [2.24, 2.45) is 0 Å². The second kappa shape index (κ2) is 12.3. The van der Waals surface area contributed by atoms with Gasteiger partial charge in [-0.2, -0.15) is 13.9 Å². The lowest BCUT2D eigenvalue weighted by atomic mass is 9.92. The van der Waals surface area contributed by atoms with Gasteiger partial charge in [-0.25, -0.2) is 14.6 Å². The number of aryl methyl sites for hydroxylation is 1. The van der Waals surface area contributed by atoms with E-state index >= 15 is 0 Å². The summed E-state index contributed by atoms with van der Waals surface area (Å²) in [6.07, 6.45) is 10.9. The van der Waals surface area contributed by atoms with Gasteiger partial charge in [0.2, 0.25) is 0 Å². The number of hydrogen-bond acceptors (Lipinski definition) is 6. The van der Waals surface area contributed by atoms with Crippen molar-refractivity contribution >= 4 is 34.5 Å². The Morgan fingerprint density at radius 2 is 1.80 bits per heavy atom. The molecule has 2 atom stereocenters. The van der Waals surface area contributed by atoms with E-state index in [1.54, 1.807) is 38.8 Å². The first-order chi connectivity index (χ1) is 19.0. The molecule has 2 unspecified atom stereocenters. The minimum absolute atomic E-state index is 0.144. The topological polar surface area (TPSA) is 93.0 Å². The largest absolute Gasteiger partial charge is 0.378 e. The van der Waals surface area contributed by atoms with Crippen molar-refractivity contribution in [3.8, 4) is 11.4 Å². The van der Waals surface area contributed by atoms with E-state index in [4.69, 9.17) is 0 Å². The summed E-state index contributed by atoms with van der Waals surface area (Å²) in [5.74, 6) is 0.128. The first kappa shape index (κ1) is 28.8. The summed E-state index contributed by atoms with van der Waals surface area (Å²) < 4.78 is 38.5. The lowest BCUT2D eigenvalue weighted by Gasteiger charge is -2.23. The Morgan fingerprint density at radius 3 is 2.42 bits per heavy atom. The molecule has 208 valence electrons. The van der Waals surface area contributed by atoms with Crippen LogP contribution in [0.5, 0.6) is 0 Å². The van der Waals surface area contributed by atoms with Crippen LogP contribution in [0.1, 0.15) is 52.1 Å². The van der Waals surface area contributed by atoms with E-state index in [0.29, 0.717) is 26.3 Å². The van der Waals surface area contributed by atoms with E-state index in [0.717, 1.165) is 22.4 Å². The van der Waals surface area contributed by atoms with Gasteiger partial charge in [-0.1, -0.05) is 30.4 Å². The standard InChI is InChI=1S/C29H30F2N6O2S/c1-18-12-23(19(2)35-25-8-6-7-9-26(25)40(5)39)22(24(13-18)28(38)36(3)4)11-10-20-14-32-27(33-15-20)21-16-34-37(17-21)29(30)31/h6-17,19,29,35H,1-5H3/b11-10+. The van der Waals surface area contributed by atoms with Crippen LogP contribution in [0.4, 0.5) is 14.5 Å². The lowest BCUT2D eigenvalue weighted by Crippen LogP contribution is -2.24. The highest BCUT2D eigenvalue weighted by Gasteiger charge is 2.20. The van der Waals surface area contributed by atoms with Crippen molar-refractivity contribution in [1.82, 2.24) is 24.6 Å². The van der Waals surface area contributed by atoms with Crippen LogP contribution in [-0.2, 0) is 10.8 Å². The summed E-state index contributed by atoms with van der Waals surface area (Å²) in [4.78, 5) is 24.0. The maximum Gasteiger partial charge on any atom is 0.333 e. The zero-order valence-corrected chi connectivity index (χ0v) is 23.6. The molecule has 8 nitrogen and oxygen atoms in total. The SMILES string of the molecule is Cc1cc(C(=O)N(C)C)c(/C=C/c2cnc(-c3cnn(C(F)F)c3)nc2)c(C(C)Nc2ccccc2S(C)=O)c1. The van der Waals surface area contributed by atoms with E-state index < -0.39 is 17.3 Å². The van der Waals surface area contributed by atoms with E-state index in [9.17, 15) is 17.8 Å². The van der Waals surface area contributed by atoms with E-state index in [1.165, 1.54) is 17.3 Å². The Morgan fingerprint density at radius 1 is 1.10 bits per heavy atom. The quantitative estimate of drug-likeness (QED) is 0.275. The summed E-state index contributed by atoms with van der Waals surface area (Å²) in [5, 5.41) is 7.09. The van der Waals surface area contributed by atoms with Crippen LogP contribution < -0.4 is 5.32 Å². The Labute approximate surface area is 234 Å². The highest BCUT2D eigenvalue weighted by atomic mass is 32.2. The summed E-state index contributed by atoms with van der Waals surface area (Å²) in [6.45, 7) is 1.18. The third-order valence-corrected chi connectivity index (χ3v) is 7.18. The van der Waals surface area contributed by atoms with Crippen molar-refractivity contribution in [2.45, 2.75) is 31.3 Å². The minimum atomic E-state index is -2.74. The summed E-state index contributed by atoms with van der Waals surface area (Å²) in [5.41, 5.74) is 4.86. The van der Waals surface area contributed by atoms with Crippen molar-refractivity contribution in [1.29, 1.82) is 0 Å². The molecule has 1 N–H and O–H groups in total. The van der Waals surface area contributed by atoms with E-state index in [1.807, 2.05) is 56.3 Å². The Kier molecular flexibility index (Phi) is 8.83. The summed E-state index contributed by atoms with van der Waals surface area (Å²) in [6, 6.07) is 11.1. The van der Waals surface area contributed by atoms with Gasteiger partial charge in [-0.15, -0.1) is 0 Å². The zero-order chi connectivity index (χ0) is 29.0. The molecular weight excluding hydrogens is 534 g/mol. The van der Waals surface area contributed by atoms with Gasteiger partial charge in [0, 0.05) is 56.1 Å². The smallest absolute Gasteiger partial charge is 0.333 e. The zero-order valence-electron chi connectivity index (χ0n) is 22.8. The maximum atomic E-state index is 13.2. The number of hydrogen-bond donors (Lipinski definition) is 1. The van der Waals surface area contributed by atoms with E-state index in [2.05, 4.69) is 20.4 Å². The minimum Gasteiger partial charge on any atom is -0.378 e. The third kappa shape index (κ3) is 6.48. The number of amides is 1. The molecule has 0 radical (unpaired) electrons. The first-order valence-corrected chi connectivity index (χ1v) is 14.0. The molecule has 0 aliphatic heterocycles. The van der Waals surface area contributed by atoms with Gasteiger partial charge >= 0.3 is 6.55 Å². The number of para-hydroxylation sites is 1. The van der Waals surface area contributed by atoms with Crippen LogP contribution in [0.25, 0.3) is 23.5 Å². The third-order valence-electron chi connectivity index (χ3n) is 6.20. The van der Waals surface area contributed by atoms with Crippen molar-refractivity contribution in [3.05, 3.63) is 89.0 Å². The molecule has 0 spiro atoms. The molecule has 0 saturated carbocycles. The fraction of sp³-hybridized carbons (Fsp3) is 0.241. The highest BCUT2D eigenvalue weighted by molar-refractivity contribution is 7.84. The molecule has 1 amide bonds. The van der Waals surface area contributed by atoms with Gasteiger partial charge in [-0.05, 0) is 48.7 Å². The number of aromatic nitrogens is 4. The molecule has 40 heavy (non-hydrogen) atoms. The number of rotatable bonds is 9. The molecule has 2 aromatic carbocycles. The molecular formula is C29H30F2N6O2S. The predicted octanol–water partition coefficient (Wildman–Crippen LogP) is 5.83. The van der Waals surface area contributed by atoms with Crippen molar-refractivity contribution < 1.29 is 17.8 Å². The number of carbonyl (C=O) groups excluding carboxylic acids is 1. The number of anilines is 1. The monoisotopic (exact) mass is 564 g/mol. The van der Waals surface area contributed by atoms with Crippen LogP contribution >= 0.6 is 0 Å². The molecule has 2 heterocycles. The molecule has 4 aromatic rings. The number of nitrogens with zero attached hydrogens (tertiary/aromatic N) is 5. The molecule has 4 rings (SSSR count). The fourth-order valence-electron chi connectivity index (χ4n) is 4.25. The molecule has 0 aliphatic carbocycles. The van der Waals surface area contributed by atoms with Crippen LogP contribution in [0, 0.1) is 6.92 Å². The number of nitrogens with one attached hydrogen (secondary N) is 1. The van der Waals surface area contributed by atoms with E-state index in [-0.39, 0.29) is 17.8 Å². The number of alkyl halides is 2. The van der Waals surface area contributed by atoms with Crippen LogP contribution in [-0.4, -0.2) is 55.1 Å². The lowest BCUT2D eigenvalue weighted by molar-refractivity contribution is 0.0566. The average Bonchev–Trinajstić information content (AvgIpc) is 3.43. The molecule has 2 aromatic heterocycles. The number of halogens is 2. The highest BCUT2D eigenvalue weighted by Crippen LogP contribution is 2.31. The van der Waals surface area contributed by atoms with Gasteiger partial charge in [0.15, 0.2) is 5.82 Å². The Balaban J connectivity index is 1.71. The van der Waals surface area contributed by atoms with Crippen molar-refractivity contribution in [2.75, 3.05) is 25.7 Å². The average molecular weight is 565 g/mol. The molecule has 11 heteroatoms. The second-order valence-corrected chi connectivity index (χ2v) is 10.8. The number of carbonyl (C=O) groups is 1. The van der Waals surface area contributed by atoms with Crippen molar-refractivity contribution in [3.63, 3.8) is 0 Å². The number of benzene rings is 2. The molecule has 0 saturated heterocycles. The first-order valence-electron chi connectivity index (χ1n) is 12.4. The normalized spacial score (nSPS) is 13.0. The summed E-state index contributed by atoms with van der Waals surface area (Å²) in [7, 11) is 2.23. The van der Waals surface area contributed by atoms with Crippen LogP contribution in [0.2, 0.25) is 0 Å². The molecule has 0 aliphatic rings. The Hall–Kier alpha value is -4.25. The Bertz CT molecular complexity index is 1570. The predicted molar refractivity (Wildman–Crippen MR) is 153 cm³/mol. The fourth-order valence-corrected chi connectivity index (χ4v) is 4.96. The van der Waals surface area contributed by atoms with Crippen LogP contribution in [0.15, 0.2) is 66.1 Å². The summed E-state index contributed by atoms with van der Waals surface area (Å²) >= 11 is 0. The maximum absolute atomic E-state index is 13.2. The van der Waals surface area contributed by atoms with Gasteiger partial charge in [-0.3, -0.25) is 9.00 Å². The van der Waals surface area contributed by atoms with Gasteiger partial charge in [0.25, 0.3) is 5.91 Å². The van der Waals surface area contributed by atoms with Crippen LogP contribution in [0.3, 0.4) is 0 Å².